The number of aromatic nitrogens is 3. The van der Waals surface area contributed by atoms with Gasteiger partial charge in [-0.15, -0.1) is 0 Å². The van der Waals surface area contributed by atoms with Gasteiger partial charge in [-0.25, -0.2) is 13.9 Å². The van der Waals surface area contributed by atoms with E-state index in [1.54, 1.807) is 6.07 Å². The zero-order valence-corrected chi connectivity index (χ0v) is 24.1. The highest BCUT2D eigenvalue weighted by Gasteiger charge is 2.31. The Morgan fingerprint density at radius 2 is 1.69 bits per heavy atom. The van der Waals surface area contributed by atoms with Gasteiger partial charge in [-0.3, -0.25) is 28.0 Å². The molecule has 39 heavy (non-hydrogen) atoms. The molecule has 2 heterocycles. The average Bonchev–Trinajstić information content (AvgIpc) is 3.72. The van der Waals surface area contributed by atoms with Crippen LogP contribution in [0.5, 0.6) is 0 Å². The highest BCUT2D eigenvalue weighted by Crippen LogP contribution is 2.34. The molecular formula is C25H24FIN6O5S. The molecule has 1 saturated carbocycles. The van der Waals surface area contributed by atoms with E-state index in [0.29, 0.717) is 22.1 Å². The quantitative estimate of drug-likeness (QED) is 0.260. The van der Waals surface area contributed by atoms with Crippen LogP contribution in [0.4, 0.5) is 21.6 Å². The molecule has 2 aromatic carbocycles. The lowest BCUT2D eigenvalue weighted by atomic mass is 10.1. The molecule has 3 N–H and O–H groups in total. The fourth-order valence-corrected chi connectivity index (χ4v) is 5.46. The van der Waals surface area contributed by atoms with Crippen LogP contribution in [0.3, 0.4) is 0 Å². The number of halogens is 2. The van der Waals surface area contributed by atoms with Crippen molar-refractivity contribution in [2.75, 3.05) is 17.1 Å². The predicted octanol–water partition coefficient (Wildman–Crippen LogP) is 2.86. The van der Waals surface area contributed by atoms with Gasteiger partial charge in [0.15, 0.2) is 0 Å². The van der Waals surface area contributed by atoms with Crippen LogP contribution >= 0.6 is 22.6 Å². The van der Waals surface area contributed by atoms with E-state index in [2.05, 4.69) is 14.8 Å². The summed E-state index contributed by atoms with van der Waals surface area (Å²) in [6.45, 7) is 1.52. The summed E-state index contributed by atoms with van der Waals surface area (Å²) in [5, 5.41) is 2.97. The minimum atomic E-state index is -3.76. The lowest BCUT2D eigenvalue weighted by molar-refractivity contribution is 0.593. The number of fused-ring (bicyclic) bond motifs is 1. The first kappa shape index (κ1) is 27.1. The Kier molecular flexibility index (Phi) is 6.88. The van der Waals surface area contributed by atoms with E-state index in [1.165, 1.54) is 71.1 Å². The molecule has 0 unspecified atom stereocenters. The third-order valence-electron chi connectivity index (χ3n) is 6.59. The van der Waals surface area contributed by atoms with Gasteiger partial charge < -0.3 is 5.32 Å². The summed E-state index contributed by atoms with van der Waals surface area (Å²) in [6, 6.07) is 10.2. The van der Waals surface area contributed by atoms with Crippen molar-refractivity contribution < 1.29 is 12.8 Å². The molecule has 1 aliphatic carbocycles. The largest absolute Gasteiger partial charge is 0.338 e. The molecule has 11 nitrogen and oxygen atoms in total. The van der Waals surface area contributed by atoms with Crippen LogP contribution in [-0.4, -0.2) is 29.2 Å². The summed E-state index contributed by atoms with van der Waals surface area (Å²) >= 11 is 1.98. The number of nitrogens with one attached hydrogen (secondary N) is 3. The number of pyridine rings is 1. The van der Waals surface area contributed by atoms with Crippen LogP contribution in [-0.2, 0) is 17.3 Å². The number of hydrogen-bond donors (Lipinski definition) is 3. The second-order valence-corrected chi connectivity index (χ2v) is 12.1. The van der Waals surface area contributed by atoms with Crippen LogP contribution in [0.2, 0.25) is 0 Å². The molecule has 4 aromatic rings. The predicted molar refractivity (Wildman–Crippen MR) is 156 cm³/mol. The number of rotatable bonds is 7. The van der Waals surface area contributed by atoms with E-state index < -0.39 is 32.8 Å². The van der Waals surface area contributed by atoms with Gasteiger partial charge in [0.25, 0.3) is 21.3 Å². The van der Waals surface area contributed by atoms with Crippen LogP contribution in [0.1, 0.15) is 24.4 Å². The monoisotopic (exact) mass is 666 g/mol. The van der Waals surface area contributed by atoms with Gasteiger partial charge >= 0.3 is 5.69 Å². The fourth-order valence-electron chi connectivity index (χ4n) is 4.46. The highest BCUT2D eigenvalue weighted by atomic mass is 127. The Morgan fingerprint density at radius 3 is 2.28 bits per heavy atom. The maximum absolute atomic E-state index is 14.8. The van der Waals surface area contributed by atoms with E-state index in [-0.39, 0.29) is 39.7 Å². The minimum Gasteiger partial charge on any atom is -0.338 e. The van der Waals surface area contributed by atoms with Crippen molar-refractivity contribution in [3.63, 3.8) is 0 Å². The van der Waals surface area contributed by atoms with E-state index in [9.17, 15) is 27.2 Å². The zero-order valence-electron chi connectivity index (χ0n) is 21.1. The van der Waals surface area contributed by atoms with Crippen LogP contribution in [0.25, 0.3) is 16.6 Å². The van der Waals surface area contributed by atoms with Crippen LogP contribution in [0, 0.1) is 16.3 Å². The molecule has 14 heteroatoms. The van der Waals surface area contributed by atoms with Crippen LogP contribution in [0.15, 0.2) is 56.8 Å². The molecule has 0 aliphatic heterocycles. The minimum absolute atomic E-state index is 0.0484. The fraction of sp³-hybridized carbons (Fsp3) is 0.240. The van der Waals surface area contributed by atoms with Crippen molar-refractivity contribution in [3.05, 3.63) is 88.6 Å². The normalized spacial score (nSPS) is 13.6. The molecule has 0 saturated heterocycles. The number of benzene rings is 2. The van der Waals surface area contributed by atoms with Gasteiger partial charge in [0, 0.05) is 35.0 Å². The smallest absolute Gasteiger partial charge is 0.336 e. The molecule has 0 atom stereocenters. The van der Waals surface area contributed by atoms with E-state index in [4.69, 9.17) is 0 Å². The summed E-state index contributed by atoms with van der Waals surface area (Å²) in [6.07, 6.45) is 1.29. The van der Waals surface area contributed by atoms with E-state index >= 15 is 0 Å². The Balaban J connectivity index is 1.82. The summed E-state index contributed by atoms with van der Waals surface area (Å²) < 4.78 is 47.4. The number of nitrogens with zero attached hydrogens (tertiary/aromatic N) is 3. The molecule has 2 aromatic heterocycles. The maximum atomic E-state index is 14.8. The summed E-state index contributed by atoms with van der Waals surface area (Å²) in [5.74, 6) is -0.522. The second-order valence-electron chi connectivity index (χ2n) is 9.19. The molecule has 0 radical (unpaired) electrons. The van der Waals surface area contributed by atoms with Gasteiger partial charge in [-0.2, -0.15) is 8.42 Å². The van der Waals surface area contributed by atoms with Gasteiger partial charge in [-0.05, 0) is 84.8 Å². The average molecular weight is 666 g/mol. The third-order valence-corrected chi connectivity index (χ3v) is 8.30. The lowest BCUT2D eigenvalue weighted by Gasteiger charge is -2.20. The second kappa shape index (κ2) is 9.91. The van der Waals surface area contributed by atoms with Crippen molar-refractivity contribution in [2.45, 2.75) is 25.8 Å². The molecule has 1 aliphatic rings. The molecule has 0 amide bonds. The van der Waals surface area contributed by atoms with Crippen molar-refractivity contribution >= 4 is 60.9 Å². The molecular weight excluding hydrogens is 642 g/mol. The number of hydrogen-bond acceptors (Lipinski definition) is 6. The zero-order chi connectivity index (χ0) is 28.2. The standard InChI is InChI=1S/C25H24FIN6O5S/c1-13-21-20(22(31(3)23(13)34)29-19-11-4-14(27)12-18(19)26)24(35)33(17-9-10-17)25(36)32(21)16-7-5-15(6-8-16)30-39(37,38)28-2/h4-8,11-12,17,28-30H,9-10H2,1-3H3. The van der Waals surface area contributed by atoms with Crippen molar-refractivity contribution in [2.24, 2.45) is 7.05 Å². The summed E-state index contributed by atoms with van der Waals surface area (Å²) in [5.41, 5.74) is -0.835. The van der Waals surface area contributed by atoms with E-state index in [0.717, 1.165) is 0 Å². The third kappa shape index (κ3) is 4.87. The SMILES string of the molecule is CNS(=O)(=O)Nc1ccc(-n2c(=O)n(C3CC3)c(=O)c3c(Nc4ccc(I)cc4F)n(C)c(=O)c(C)c32)cc1. The maximum Gasteiger partial charge on any atom is 0.336 e. The van der Waals surface area contributed by atoms with Crippen molar-refractivity contribution in [1.82, 2.24) is 18.4 Å². The Labute approximate surface area is 235 Å². The Morgan fingerprint density at radius 1 is 1.03 bits per heavy atom. The number of aryl methyl sites for hydroxylation is 1. The highest BCUT2D eigenvalue weighted by molar-refractivity contribution is 14.1. The van der Waals surface area contributed by atoms with Crippen molar-refractivity contribution in [3.8, 4) is 5.69 Å². The Hall–Kier alpha value is -3.50. The summed E-state index contributed by atoms with van der Waals surface area (Å²) in [4.78, 5) is 40.9. The first-order chi connectivity index (χ1) is 18.4. The lowest BCUT2D eigenvalue weighted by Crippen LogP contribution is -2.41. The number of anilines is 3. The molecule has 204 valence electrons. The topological polar surface area (TPSA) is 136 Å². The molecule has 5 rings (SSSR count). The Bertz CT molecular complexity index is 1930. The molecule has 1 fully saturated rings. The van der Waals surface area contributed by atoms with Gasteiger partial charge in [0.05, 0.1) is 16.9 Å². The first-order valence-electron chi connectivity index (χ1n) is 11.9. The molecule has 0 bridgehead atoms. The summed E-state index contributed by atoms with van der Waals surface area (Å²) in [7, 11) is -1.03. The van der Waals surface area contributed by atoms with Crippen molar-refractivity contribution in [1.29, 1.82) is 0 Å². The van der Waals surface area contributed by atoms with Gasteiger partial charge in [-0.1, -0.05) is 0 Å². The van der Waals surface area contributed by atoms with Gasteiger partial charge in [0.2, 0.25) is 0 Å². The van der Waals surface area contributed by atoms with Gasteiger partial charge in [0.1, 0.15) is 17.0 Å². The molecule has 0 spiro atoms. The first-order valence-corrected chi connectivity index (χ1v) is 14.4. The van der Waals surface area contributed by atoms with E-state index in [1.807, 2.05) is 22.6 Å². The van der Waals surface area contributed by atoms with Crippen LogP contribution < -0.4 is 31.6 Å².